The predicted octanol–water partition coefficient (Wildman–Crippen LogP) is 1.40. The zero-order chi connectivity index (χ0) is 24.5. The molecule has 4 aliphatic rings. The van der Waals surface area contributed by atoms with Crippen LogP contribution in [0, 0.1) is 0 Å². The largest absolute Gasteiger partial charge is 0.480 e. The first-order valence-electron chi connectivity index (χ1n) is 12.7. The Balaban J connectivity index is 1.31. The molecule has 1 aromatic heterocycles. The van der Waals surface area contributed by atoms with Crippen molar-refractivity contribution in [3.05, 3.63) is 18.2 Å². The number of aliphatic hydroxyl groups excluding tert-OH is 1. The van der Waals surface area contributed by atoms with Gasteiger partial charge in [-0.1, -0.05) is 12.8 Å². The molecule has 2 spiro atoms. The Kier molecular flexibility index (Phi) is 7.13. The van der Waals surface area contributed by atoms with Gasteiger partial charge < -0.3 is 39.5 Å². The van der Waals surface area contributed by atoms with E-state index in [9.17, 15) is 19.8 Å². The Morgan fingerprint density at radius 2 is 1.74 bits per heavy atom. The number of hydrogen-bond acceptors (Lipinski definition) is 8. The van der Waals surface area contributed by atoms with E-state index in [1.165, 1.54) is 12.5 Å². The van der Waals surface area contributed by atoms with Gasteiger partial charge in [-0.05, 0) is 25.7 Å². The van der Waals surface area contributed by atoms with E-state index in [0.717, 1.165) is 51.4 Å². The molecule has 0 radical (unpaired) electrons. The molecule has 11 heteroatoms. The first-order chi connectivity index (χ1) is 16.9. The van der Waals surface area contributed by atoms with Crippen LogP contribution >= 0.6 is 0 Å². The van der Waals surface area contributed by atoms with Gasteiger partial charge in [-0.15, -0.1) is 0 Å². The van der Waals surface area contributed by atoms with E-state index >= 15 is 0 Å². The number of amides is 1. The maximum absolute atomic E-state index is 13.4. The van der Waals surface area contributed by atoms with Crippen molar-refractivity contribution in [3.8, 4) is 0 Å². The number of carbonyl (C=O) groups is 2. The van der Waals surface area contributed by atoms with E-state index in [1.807, 2.05) is 0 Å². The van der Waals surface area contributed by atoms with Crippen LogP contribution in [0.5, 0.6) is 0 Å². The smallest absolute Gasteiger partial charge is 0.326 e. The second-order valence-corrected chi connectivity index (χ2v) is 10.2. The molecule has 2 aliphatic heterocycles. The zero-order valence-corrected chi connectivity index (χ0v) is 19.8. The summed E-state index contributed by atoms with van der Waals surface area (Å²) in [5.74, 6) is -3.45. The van der Waals surface area contributed by atoms with Gasteiger partial charge in [0.25, 0.3) is 5.91 Å². The highest BCUT2D eigenvalue weighted by atomic mass is 16.8. The van der Waals surface area contributed by atoms with Crippen molar-refractivity contribution < 1.29 is 38.7 Å². The molecule has 4 fully saturated rings. The number of imidazole rings is 1. The molecule has 3 heterocycles. The third kappa shape index (κ3) is 5.24. The molecule has 4 N–H and O–H groups in total. The van der Waals surface area contributed by atoms with Crippen LogP contribution in [0.3, 0.4) is 0 Å². The summed E-state index contributed by atoms with van der Waals surface area (Å²) in [5, 5.41) is 23.6. The number of carboxylic acid groups (broad SMARTS) is 1. The Morgan fingerprint density at radius 3 is 2.37 bits per heavy atom. The maximum atomic E-state index is 13.4. The number of carboxylic acids is 1. The quantitative estimate of drug-likeness (QED) is 0.442. The normalized spacial score (nSPS) is 31.4. The molecule has 1 aromatic rings. The molecule has 0 bridgehead atoms. The number of carbonyl (C=O) groups excluding carboxylic acids is 1. The first-order valence-corrected chi connectivity index (χ1v) is 12.7. The Bertz CT molecular complexity index is 881. The molecule has 2 saturated carbocycles. The average molecular weight is 494 g/mol. The van der Waals surface area contributed by atoms with Gasteiger partial charge in [-0.2, -0.15) is 0 Å². The minimum atomic E-state index is -1.19. The van der Waals surface area contributed by atoms with Crippen molar-refractivity contribution in [1.29, 1.82) is 0 Å². The van der Waals surface area contributed by atoms with Gasteiger partial charge in [0.15, 0.2) is 17.7 Å². The van der Waals surface area contributed by atoms with E-state index in [1.54, 1.807) is 0 Å². The van der Waals surface area contributed by atoms with Gasteiger partial charge in [0.05, 0.1) is 12.9 Å². The summed E-state index contributed by atoms with van der Waals surface area (Å²) < 4.78 is 24.7. The van der Waals surface area contributed by atoms with Crippen molar-refractivity contribution in [2.45, 2.75) is 113 Å². The minimum absolute atomic E-state index is 0.0368. The molecule has 35 heavy (non-hydrogen) atoms. The van der Waals surface area contributed by atoms with Crippen LogP contribution < -0.4 is 5.32 Å². The van der Waals surface area contributed by atoms with Crippen LogP contribution in [0.15, 0.2) is 12.5 Å². The fourth-order valence-corrected chi connectivity index (χ4v) is 5.79. The standard InChI is InChI=1S/C24H35N3O8/c28-18(17-13-32-23(33-17)7-3-1-4-8-23)19-20(35-24(34-19)9-5-2-6-10-24)21(29)27-16(22(30)31)11-15-12-25-14-26-15/h12,14,16-20,28H,1-11,13H2,(H,25,26)(H,27,29)(H,30,31)/t16-,17-,18+,19-,20+/m0/s1. The second-order valence-electron chi connectivity index (χ2n) is 10.2. The summed E-state index contributed by atoms with van der Waals surface area (Å²) in [5.41, 5.74) is 0.580. The van der Waals surface area contributed by atoms with Crippen LogP contribution in [-0.2, 0) is 35.0 Å². The van der Waals surface area contributed by atoms with Gasteiger partial charge in [0, 0.05) is 44.0 Å². The number of aromatic nitrogens is 2. The van der Waals surface area contributed by atoms with Gasteiger partial charge >= 0.3 is 5.97 Å². The molecule has 5 atom stereocenters. The van der Waals surface area contributed by atoms with E-state index in [0.29, 0.717) is 18.5 Å². The molecule has 0 unspecified atom stereocenters. The average Bonchev–Trinajstić information content (AvgIpc) is 3.59. The number of aromatic amines is 1. The Labute approximate surface area is 203 Å². The summed E-state index contributed by atoms with van der Waals surface area (Å²) in [6, 6.07) is -1.19. The summed E-state index contributed by atoms with van der Waals surface area (Å²) in [7, 11) is 0. The fraction of sp³-hybridized carbons (Fsp3) is 0.792. The van der Waals surface area contributed by atoms with Crippen LogP contribution in [0.2, 0.25) is 0 Å². The predicted molar refractivity (Wildman–Crippen MR) is 120 cm³/mol. The molecular formula is C24H35N3O8. The van der Waals surface area contributed by atoms with Crippen LogP contribution in [0.25, 0.3) is 0 Å². The number of aliphatic hydroxyl groups is 1. The van der Waals surface area contributed by atoms with E-state index in [4.69, 9.17) is 18.9 Å². The van der Waals surface area contributed by atoms with Crippen LogP contribution in [0.1, 0.15) is 69.9 Å². The molecule has 2 aliphatic carbocycles. The highest BCUT2D eigenvalue weighted by molar-refractivity contribution is 5.87. The number of H-pyrrole nitrogens is 1. The lowest BCUT2D eigenvalue weighted by molar-refractivity contribution is -0.217. The fourth-order valence-electron chi connectivity index (χ4n) is 5.79. The summed E-state index contributed by atoms with van der Waals surface area (Å²) >= 11 is 0. The SMILES string of the molecule is O=C(O)[C@H](Cc1cnc[nH]1)NC(=O)[C@@H]1OC2(CCCCC2)O[C@H]1[C@H](O)[C@@H]1COC2(CCCCC2)O1. The molecular weight excluding hydrogens is 458 g/mol. The van der Waals surface area contributed by atoms with Crippen molar-refractivity contribution in [3.63, 3.8) is 0 Å². The van der Waals surface area contributed by atoms with E-state index in [-0.39, 0.29) is 13.0 Å². The Morgan fingerprint density at radius 1 is 1.06 bits per heavy atom. The van der Waals surface area contributed by atoms with Crippen molar-refractivity contribution in [2.75, 3.05) is 6.61 Å². The number of ether oxygens (including phenoxy) is 4. The molecule has 5 rings (SSSR count). The molecule has 2 saturated heterocycles. The third-order valence-corrected chi connectivity index (χ3v) is 7.67. The van der Waals surface area contributed by atoms with Gasteiger partial charge in [-0.3, -0.25) is 4.79 Å². The first kappa shape index (κ1) is 24.6. The van der Waals surface area contributed by atoms with Crippen molar-refractivity contribution in [1.82, 2.24) is 15.3 Å². The number of nitrogens with zero attached hydrogens (tertiary/aromatic N) is 1. The molecule has 194 valence electrons. The number of nitrogens with one attached hydrogen (secondary N) is 2. The summed E-state index contributed by atoms with van der Waals surface area (Å²) in [6.07, 6.45) is 7.77. The highest BCUT2D eigenvalue weighted by Gasteiger charge is 2.56. The highest BCUT2D eigenvalue weighted by Crippen LogP contribution is 2.44. The van der Waals surface area contributed by atoms with Gasteiger partial charge in [0.2, 0.25) is 0 Å². The topological polar surface area (TPSA) is 152 Å². The van der Waals surface area contributed by atoms with E-state index in [2.05, 4.69) is 15.3 Å². The molecule has 0 aromatic carbocycles. The van der Waals surface area contributed by atoms with E-state index < -0.39 is 53.9 Å². The second kappa shape index (κ2) is 10.1. The zero-order valence-electron chi connectivity index (χ0n) is 19.8. The van der Waals surface area contributed by atoms with Gasteiger partial charge in [-0.25, -0.2) is 9.78 Å². The van der Waals surface area contributed by atoms with Crippen molar-refractivity contribution in [2.24, 2.45) is 0 Å². The lowest BCUT2D eigenvalue weighted by Crippen LogP contribution is -2.53. The lowest BCUT2D eigenvalue weighted by Gasteiger charge is -2.34. The molecule has 1 amide bonds. The monoisotopic (exact) mass is 493 g/mol. The van der Waals surface area contributed by atoms with Crippen molar-refractivity contribution >= 4 is 11.9 Å². The summed E-state index contributed by atoms with van der Waals surface area (Å²) in [4.78, 5) is 32.0. The molecule has 11 nitrogen and oxygen atoms in total. The maximum Gasteiger partial charge on any atom is 0.326 e. The van der Waals surface area contributed by atoms with Gasteiger partial charge in [0.1, 0.15) is 24.4 Å². The minimum Gasteiger partial charge on any atom is -0.480 e. The number of hydrogen-bond donors (Lipinski definition) is 4. The Hall–Kier alpha value is -2.05. The number of rotatable bonds is 7. The number of aliphatic carboxylic acids is 1. The van der Waals surface area contributed by atoms with Crippen LogP contribution in [0.4, 0.5) is 0 Å². The summed E-state index contributed by atoms with van der Waals surface area (Å²) in [6.45, 7) is 0.208. The third-order valence-electron chi connectivity index (χ3n) is 7.67. The lowest BCUT2D eigenvalue weighted by atomic mass is 9.94. The van der Waals surface area contributed by atoms with Crippen LogP contribution in [-0.4, -0.2) is 80.7 Å².